The van der Waals surface area contributed by atoms with Gasteiger partial charge >= 0.3 is 5.97 Å². The minimum atomic E-state index is -1.17. The smallest absolute Gasteiger partial charge is 0.344 e. The van der Waals surface area contributed by atoms with Gasteiger partial charge in [-0.05, 0) is 38.1 Å². The highest BCUT2D eigenvalue weighted by Gasteiger charge is 2.25. The largest absolute Gasteiger partial charge is 0.497 e. The minimum Gasteiger partial charge on any atom is -0.497 e. The molecule has 0 radical (unpaired) electrons. The molecule has 9 heteroatoms. The second-order valence-corrected chi connectivity index (χ2v) is 6.47. The average Bonchev–Trinajstić information content (AvgIpc) is 2.80. The van der Waals surface area contributed by atoms with Crippen molar-refractivity contribution in [2.24, 2.45) is 0 Å². The number of rotatable bonds is 11. The van der Waals surface area contributed by atoms with Crippen LogP contribution in [0.4, 0.5) is 4.39 Å². The fraction of sp³-hybridized carbons (Fsp3) is 0.348. The van der Waals surface area contributed by atoms with E-state index in [0.717, 1.165) is 0 Å². The number of carbonyl (C=O) groups excluding carboxylic acids is 2. The third kappa shape index (κ3) is 6.68. The lowest BCUT2D eigenvalue weighted by Crippen LogP contribution is -2.31. The zero-order valence-corrected chi connectivity index (χ0v) is 18.1. The van der Waals surface area contributed by atoms with Gasteiger partial charge in [-0.1, -0.05) is 6.07 Å². The number of nitrogens with zero attached hydrogens (tertiary/aromatic N) is 1. The number of amides is 1. The highest BCUT2D eigenvalue weighted by atomic mass is 19.1. The van der Waals surface area contributed by atoms with Crippen LogP contribution in [0.1, 0.15) is 36.6 Å². The highest BCUT2D eigenvalue weighted by Crippen LogP contribution is 2.26. The number of benzene rings is 2. The summed E-state index contributed by atoms with van der Waals surface area (Å²) in [5.74, 6) is -1.17. The first-order valence-corrected chi connectivity index (χ1v) is 9.97. The van der Waals surface area contributed by atoms with Crippen molar-refractivity contribution in [3.05, 3.63) is 58.9 Å². The van der Waals surface area contributed by atoms with Crippen molar-refractivity contribution < 1.29 is 32.9 Å². The highest BCUT2D eigenvalue weighted by molar-refractivity contribution is 5.82. The number of nitriles is 1. The number of halogens is 1. The molecule has 32 heavy (non-hydrogen) atoms. The van der Waals surface area contributed by atoms with Gasteiger partial charge in [0, 0.05) is 30.3 Å². The van der Waals surface area contributed by atoms with Crippen LogP contribution in [0.5, 0.6) is 11.5 Å². The second kappa shape index (κ2) is 12.3. The van der Waals surface area contributed by atoms with Crippen LogP contribution in [0.15, 0.2) is 36.4 Å². The van der Waals surface area contributed by atoms with Crippen LogP contribution in [0.2, 0.25) is 0 Å². The first kappa shape index (κ1) is 24.6. The molecule has 1 atom stereocenters. The van der Waals surface area contributed by atoms with Crippen LogP contribution in [-0.4, -0.2) is 38.8 Å². The van der Waals surface area contributed by atoms with E-state index in [1.807, 2.05) is 6.07 Å². The maximum absolute atomic E-state index is 14.5. The van der Waals surface area contributed by atoms with Crippen molar-refractivity contribution >= 4 is 11.9 Å². The maximum atomic E-state index is 14.5. The van der Waals surface area contributed by atoms with Gasteiger partial charge in [-0.25, -0.2) is 9.18 Å². The van der Waals surface area contributed by atoms with Gasteiger partial charge in [0.15, 0.2) is 12.7 Å². The zero-order chi connectivity index (χ0) is 23.5. The van der Waals surface area contributed by atoms with Gasteiger partial charge in [0.1, 0.15) is 17.3 Å². The van der Waals surface area contributed by atoms with E-state index in [1.54, 1.807) is 32.0 Å². The summed E-state index contributed by atoms with van der Waals surface area (Å²) < 4.78 is 35.3. The summed E-state index contributed by atoms with van der Waals surface area (Å²) in [5.41, 5.74) is 0.919. The van der Waals surface area contributed by atoms with Crippen molar-refractivity contribution in [3.63, 3.8) is 0 Å². The predicted molar refractivity (Wildman–Crippen MR) is 112 cm³/mol. The Balaban J connectivity index is 2.17. The van der Waals surface area contributed by atoms with Crippen LogP contribution in [-0.2, 0) is 25.6 Å². The Bertz CT molecular complexity index is 989. The van der Waals surface area contributed by atoms with E-state index in [-0.39, 0.29) is 37.7 Å². The second-order valence-electron chi connectivity index (χ2n) is 6.47. The number of hydrogen-bond acceptors (Lipinski definition) is 7. The van der Waals surface area contributed by atoms with Crippen LogP contribution >= 0.6 is 0 Å². The maximum Gasteiger partial charge on any atom is 0.344 e. The molecule has 0 heterocycles. The minimum absolute atomic E-state index is 0.00402. The number of methoxy groups -OCH3 is 1. The van der Waals surface area contributed by atoms with E-state index in [4.69, 9.17) is 24.2 Å². The van der Waals surface area contributed by atoms with Gasteiger partial charge in [0.25, 0.3) is 5.91 Å². The normalized spacial score (nSPS) is 11.2. The Hall–Kier alpha value is -3.64. The number of nitrogens with one attached hydrogen (secondary N) is 1. The molecule has 1 N–H and O–H groups in total. The van der Waals surface area contributed by atoms with E-state index < -0.39 is 23.8 Å². The molecule has 0 fully saturated rings. The third-order valence-electron chi connectivity index (χ3n) is 4.36. The van der Waals surface area contributed by atoms with Gasteiger partial charge in [-0.3, -0.25) is 4.79 Å². The molecule has 0 saturated heterocycles. The molecule has 2 rings (SSSR count). The van der Waals surface area contributed by atoms with E-state index >= 15 is 0 Å². The van der Waals surface area contributed by atoms with Crippen LogP contribution < -0.4 is 14.8 Å². The van der Waals surface area contributed by atoms with E-state index in [9.17, 15) is 14.0 Å². The Morgan fingerprint density at radius 2 is 1.94 bits per heavy atom. The summed E-state index contributed by atoms with van der Waals surface area (Å²) in [6, 6.07) is 10.8. The molecule has 0 aromatic heterocycles. The Labute approximate surface area is 185 Å². The van der Waals surface area contributed by atoms with Gasteiger partial charge in [-0.15, -0.1) is 0 Å². The number of esters is 1. The summed E-state index contributed by atoms with van der Waals surface area (Å²) in [6.45, 7) is 3.43. The predicted octanol–water partition coefficient (Wildman–Crippen LogP) is 3.04. The molecule has 0 saturated carbocycles. The summed E-state index contributed by atoms with van der Waals surface area (Å²) in [4.78, 5) is 24.4. The van der Waals surface area contributed by atoms with Gasteiger partial charge in [0.2, 0.25) is 0 Å². The lowest BCUT2D eigenvalue weighted by Gasteiger charge is -2.19. The van der Waals surface area contributed by atoms with E-state index in [1.165, 1.54) is 25.3 Å². The fourth-order valence-corrected chi connectivity index (χ4v) is 2.84. The van der Waals surface area contributed by atoms with Gasteiger partial charge in [-0.2, -0.15) is 5.26 Å². The van der Waals surface area contributed by atoms with Crippen LogP contribution in [0, 0.1) is 17.1 Å². The molecule has 1 amide bonds. The molecule has 2 aromatic rings. The van der Waals surface area contributed by atoms with E-state index in [2.05, 4.69) is 5.32 Å². The molecule has 0 aliphatic rings. The monoisotopic (exact) mass is 444 g/mol. The van der Waals surface area contributed by atoms with Gasteiger partial charge in [0.05, 0.1) is 25.3 Å². The SMILES string of the molecule is CCOC(=O)COc1cc(C#N)ccc1CNC(=O)C(OCC)c1ccc(OC)cc1F. The average molecular weight is 444 g/mol. The third-order valence-corrected chi connectivity index (χ3v) is 4.36. The topological polar surface area (TPSA) is 107 Å². The molecular weight excluding hydrogens is 419 g/mol. The lowest BCUT2D eigenvalue weighted by molar-refractivity contribution is -0.145. The number of ether oxygens (including phenoxy) is 4. The molecule has 170 valence electrons. The summed E-state index contributed by atoms with van der Waals surface area (Å²) in [5, 5.41) is 11.8. The first-order valence-electron chi connectivity index (χ1n) is 9.97. The standard InChI is InChI=1S/C23H25FN2O6/c1-4-30-21(27)14-32-20-10-15(12-25)6-7-16(20)13-26-23(28)22(31-5-2)18-9-8-17(29-3)11-19(18)24/h6-11,22H,4-5,13-14H2,1-3H3,(H,26,28). The van der Waals surface area contributed by atoms with Crippen LogP contribution in [0.3, 0.4) is 0 Å². The molecule has 0 spiro atoms. The van der Waals surface area contributed by atoms with Crippen molar-refractivity contribution in [1.29, 1.82) is 5.26 Å². The molecule has 0 bridgehead atoms. The van der Waals surface area contributed by atoms with Crippen molar-refractivity contribution in [2.45, 2.75) is 26.5 Å². The van der Waals surface area contributed by atoms with Gasteiger partial charge < -0.3 is 24.3 Å². The first-order chi connectivity index (χ1) is 15.4. The van der Waals surface area contributed by atoms with Crippen molar-refractivity contribution in [3.8, 4) is 17.6 Å². The van der Waals surface area contributed by atoms with Crippen LogP contribution in [0.25, 0.3) is 0 Å². The number of carbonyl (C=O) groups is 2. The zero-order valence-electron chi connectivity index (χ0n) is 18.1. The Morgan fingerprint density at radius 1 is 1.16 bits per heavy atom. The summed E-state index contributed by atoms with van der Waals surface area (Å²) in [6.07, 6.45) is -1.17. The molecular formula is C23H25FN2O6. The summed E-state index contributed by atoms with van der Waals surface area (Å²) in [7, 11) is 1.42. The molecule has 2 aromatic carbocycles. The Kier molecular flexibility index (Phi) is 9.44. The molecule has 0 aliphatic carbocycles. The molecule has 8 nitrogen and oxygen atoms in total. The fourth-order valence-electron chi connectivity index (χ4n) is 2.84. The number of hydrogen-bond donors (Lipinski definition) is 1. The molecule has 0 aliphatic heterocycles. The Morgan fingerprint density at radius 3 is 2.56 bits per heavy atom. The summed E-state index contributed by atoms with van der Waals surface area (Å²) >= 11 is 0. The van der Waals surface area contributed by atoms with Crippen molar-refractivity contribution in [2.75, 3.05) is 26.9 Å². The van der Waals surface area contributed by atoms with E-state index in [0.29, 0.717) is 16.9 Å². The van der Waals surface area contributed by atoms with Crippen molar-refractivity contribution in [1.82, 2.24) is 5.32 Å². The molecule has 1 unspecified atom stereocenters. The lowest BCUT2D eigenvalue weighted by atomic mass is 10.1. The quantitative estimate of drug-likeness (QED) is 0.531.